The lowest BCUT2D eigenvalue weighted by Gasteiger charge is -2.31. The number of rotatable bonds is 6. The summed E-state index contributed by atoms with van der Waals surface area (Å²) in [5, 5.41) is 2.83. The molecule has 2 aromatic carbocycles. The predicted octanol–water partition coefficient (Wildman–Crippen LogP) is 0.667. The minimum Gasteiger partial charge on any atom is -0.465 e. The number of quaternary nitrogens is 1. The van der Waals surface area contributed by atoms with E-state index in [9.17, 15) is 14.0 Å². The van der Waals surface area contributed by atoms with E-state index in [0.717, 1.165) is 16.0 Å². The van der Waals surface area contributed by atoms with Crippen LogP contribution in [0.3, 0.4) is 0 Å². The number of carbonyl (C=O) groups excluding carboxylic acids is 2. The van der Waals surface area contributed by atoms with Crippen LogP contribution in [0.25, 0.3) is 0 Å². The molecule has 1 amide bonds. The smallest absolute Gasteiger partial charge is 0.365 e. The largest absolute Gasteiger partial charge is 0.465 e. The zero-order chi connectivity index (χ0) is 19.2. The quantitative estimate of drug-likeness (QED) is 0.734. The molecule has 3 rings (SSSR count). The van der Waals surface area contributed by atoms with Gasteiger partial charge in [0, 0.05) is 18.5 Å². The molecule has 0 radical (unpaired) electrons. The predicted molar refractivity (Wildman–Crippen MR) is 98.6 cm³/mol. The molecule has 0 aromatic heterocycles. The molecule has 0 spiro atoms. The van der Waals surface area contributed by atoms with Gasteiger partial charge in [-0.05, 0) is 23.6 Å². The molecule has 142 valence electrons. The van der Waals surface area contributed by atoms with Crippen molar-refractivity contribution < 1.29 is 23.6 Å². The second-order valence-corrected chi connectivity index (χ2v) is 6.75. The van der Waals surface area contributed by atoms with Crippen molar-refractivity contribution in [1.82, 2.24) is 5.32 Å². The average Bonchev–Trinajstić information content (AvgIpc) is 2.68. The van der Waals surface area contributed by atoms with Crippen LogP contribution in [0.1, 0.15) is 16.7 Å². The Kier molecular flexibility index (Phi) is 6.19. The Balaban J connectivity index is 1.59. The molecule has 0 bridgehead atoms. The van der Waals surface area contributed by atoms with Crippen LogP contribution in [-0.2, 0) is 33.7 Å². The zero-order valence-electron chi connectivity index (χ0n) is 15.3. The minimum absolute atomic E-state index is 0.158. The minimum atomic E-state index is -0.401. The van der Waals surface area contributed by atoms with Crippen molar-refractivity contribution in [3.05, 3.63) is 71.0 Å². The first-order valence-corrected chi connectivity index (χ1v) is 9.07. The third-order valence-electron chi connectivity index (χ3n) is 5.00. The molecule has 0 aliphatic carbocycles. The van der Waals surface area contributed by atoms with Crippen molar-refractivity contribution in [2.45, 2.75) is 25.4 Å². The number of nitrogens with one attached hydrogen (secondary N) is 2. The van der Waals surface area contributed by atoms with E-state index >= 15 is 0 Å². The molecule has 2 N–H and O–H groups in total. The number of fused-ring (bicyclic) bond motifs is 1. The normalized spacial score (nSPS) is 18.4. The summed E-state index contributed by atoms with van der Waals surface area (Å²) in [6.07, 6.45) is 0.984. The first kappa shape index (κ1) is 19.0. The number of carbonyl (C=O) groups is 2. The van der Waals surface area contributed by atoms with Crippen LogP contribution in [-0.4, -0.2) is 38.1 Å². The van der Waals surface area contributed by atoms with Gasteiger partial charge in [-0.15, -0.1) is 0 Å². The monoisotopic (exact) mass is 371 g/mol. The summed E-state index contributed by atoms with van der Waals surface area (Å²) in [7, 11) is 1.37. The molecule has 5 nitrogen and oxygen atoms in total. The summed E-state index contributed by atoms with van der Waals surface area (Å²) in [6, 6.07) is 14.1. The van der Waals surface area contributed by atoms with Crippen molar-refractivity contribution in [3.8, 4) is 0 Å². The van der Waals surface area contributed by atoms with Crippen LogP contribution in [0, 0.1) is 5.82 Å². The van der Waals surface area contributed by atoms with Crippen molar-refractivity contribution in [3.63, 3.8) is 0 Å². The van der Waals surface area contributed by atoms with Crippen molar-refractivity contribution in [2.75, 3.05) is 20.2 Å². The SMILES string of the molecule is COC(=O)[C@H]1Cc2ccccc2C[NH+]1CC(=O)NCCc1ccccc1F. The van der Waals surface area contributed by atoms with Gasteiger partial charge in [0.15, 0.2) is 12.6 Å². The van der Waals surface area contributed by atoms with Crippen LogP contribution in [0.4, 0.5) is 4.39 Å². The van der Waals surface area contributed by atoms with Gasteiger partial charge < -0.3 is 15.0 Å². The molecule has 1 aliphatic rings. The Morgan fingerprint density at radius 3 is 2.59 bits per heavy atom. The molecular weight excluding hydrogens is 347 g/mol. The summed E-state index contributed by atoms with van der Waals surface area (Å²) >= 11 is 0. The first-order chi connectivity index (χ1) is 13.1. The standard InChI is InChI=1S/C21H23FN2O3/c1-27-21(26)19-12-16-7-2-3-8-17(16)13-24(19)14-20(25)23-11-10-15-6-4-5-9-18(15)22/h2-9,19H,10-14H2,1H3,(H,23,25)/p+1/t19-/m1/s1. The van der Waals surface area contributed by atoms with E-state index in [1.54, 1.807) is 18.2 Å². The fraction of sp³-hybridized carbons (Fsp3) is 0.333. The number of methoxy groups -OCH3 is 1. The van der Waals surface area contributed by atoms with Gasteiger partial charge in [0.05, 0.1) is 7.11 Å². The highest BCUT2D eigenvalue weighted by Gasteiger charge is 2.36. The van der Waals surface area contributed by atoms with Crippen molar-refractivity contribution in [1.29, 1.82) is 0 Å². The Labute approximate surface area is 158 Å². The highest BCUT2D eigenvalue weighted by atomic mass is 19.1. The summed E-state index contributed by atoms with van der Waals surface area (Å²) in [5.41, 5.74) is 2.84. The molecular formula is C21H24FN2O3+. The van der Waals surface area contributed by atoms with E-state index in [2.05, 4.69) is 5.32 Å². The second kappa shape index (κ2) is 8.77. The molecule has 0 saturated carbocycles. The third kappa shape index (κ3) is 4.71. The molecule has 1 aliphatic heterocycles. The molecule has 2 atom stereocenters. The van der Waals surface area contributed by atoms with Crippen LogP contribution >= 0.6 is 0 Å². The van der Waals surface area contributed by atoms with E-state index in [0.29, 0.717) is 31.5 Å². The fourth-order valence-corrected chi connectivity index (χ4v) is 3.55. The van der Waals surface area contributed by atoms with E-state index in [1.165, 1.54) is 13.2 Å². The van der Waals surface area contributed by atoms with Gasteiger partial charge in [-0.25, -0.2) is 9.18 Å². The zero-order valence-corrected chi connectivity index (χ0v) is 15.3. The first-order valence-electron chi connectivity index (χ1n) is 9.07. The lowest BCUT2D eigenvalue weighted by atomic mass is 9.94. The van der Waals surface area contributed by atoms with Crippen LogP contribution in [0.15, 0.2) is 48.5 Å². The number of esters is 1. The highest BCUT2D eigenvalue weighted by Crippen LogP contribution is 2.14. The Morgan fingerprint density at radius 2 is 1.85 bits per heavy atom. The van der Waals surface area contributed by atoms with Gasteiger partial charge in [0.25, 0.3) is 5.91 Å². The van der Waals surface area contributed by atoms with Gasteiger partial charge >= 0.3 is 5.97 Å². The molecule has 0 saturated heterocycles. The van der Waals surface area contributed by atoms with E-state index < -0.39 is 6.04 Å². The highest BCUT2D eigenvalue weighted by molar-refractivity contribution is 5.78. The number of hydrogen-bond acceptors (Lipinski definition) is 3. The number of amides is 1. The molecule has 27 heavy (non-hydrogen) atoms. The number of hydrogen-bond donors (Lipinski definition) is 2. The lowest BCUT2D eigenvalue weighted by molar-refractivity contribution is -0.924. The number of halogens is 1. The third-order valence-corrected chi connectivity index (χ3v) is 5.00. The molecule has 1 unspecified atom stereocenters. The maximum absolute atomic E-state index is 13.6. The molecule has 6 heteroatoms. The van der Waals surface area contributed by atoms with Crippen LogP contribution in [0.5, 0.6) is 0 Å². The van der Waals surface area contributed by atoms with Gasteiger partial charge in [0.1, 0.15) is 12.4 Å². The van der Waals surface area contributed by atoms with Crippen LogP contribution < -0.4 is 10.2 Å². The Morgan fingerprint density at radius 1 is 1.15 bits per heavy atom. The number of benzene rings is 2. The summed E-state index contributed by atoms with van der Waals surface area (Å²) in [6.45, 7) is 1.12. The summed E-state index contributed by atoms with van der Waals surface area (Å²) in [4.78, 5) is 25.4. The second-order valence-electron chi connectivity index (χ2n) is 6.75. The van der Waals surface area contributed by atoms with E-state index in [1.807, 2.05) is 24.3 Å². The van der Waals surface area contributed by atoms with Crippen LogP contribution in [0.2, 0.25) is 0 Å². The van der Waals surface area contributed by atoms with E-state index in [4.69, 9.17) is 4.74 Å². The topological polar surface area (TPSA) is 59.8 Å². The van der Waals surface area contributed by atoms with Gasteiger partial charge in [0.2, 0.25) is 0 Å². The van der Waals surface area contributed by atoms with Gasteiger partial charge in [-0.3, -0.25) is 4.79 Å². The average molecular weight is 371 g/mol. The Bertz CT molecular complexity index is 825. The van der Waals surface area contributed by atoms with Gasteiger partial charge in [-0.1, -0.05) is 42.5 Å². The fourth-order valence-electron chi connectivity index (χ4n) is 3.55. The molecule has 1 heterocycles. The van der Waals surface area contributed by atoms with Crippen molar-refractivity contribution >= 4 is 11.9 Å². The maximum Gasteiger partial charge on any atom is 0.365 e. The summed E-state index contributed by atoms with van der Waals surface area (Å²) < 4.78 is 18.6. The Hall–Kier alpha value is -2.73. The molecule has 0 fully saturated rings. The lowest BCUT2D eigenvalue weighted by Crippen LogP contribution is -3.17. The summed E-state index contributed by atoms with van der Waals surface area (Å²) in [5.74, 6) is -0.732. The molecule has 2 aromatic rings. The maximum atomic E-state index is 13.6. The van der Waals surface area contributed by atoms with Crippen molar-refractivity contribution in [2.24, 2.45) is 0 Å². The number of ether oxygens (including phenoxy) is 1. The van der Waals surface area contributed by atoms with Gasteiger partial charge in [-0.2, -0.15) is 0 Å². The van der Waals surface area contributed by atoms with E-state index in [-0.39, 0.29) is 24.2 Å².